The lowest BCUT2D eigenvalue weighted by atomic mass is 10.1. The van der Waals surface area contributed by atoms with E-state index < -0.39 is 15.8 Å². The first-order valence-corrected chi connectivity index (χ1v) is 12.0. The molecule has 0 spiro atoms. The van der Waals surface area contributed by atoms with Crippen molar-refractivity contribution in [1.82, 2.24) is 0 Å². The third-order valence-corrected chi connectivity index (χ3v) is 7.46. The Labute approximate surface area is 192 Å². The summed E-state index contributed by atoms with van der Waals surface area (Å²) >= 11 is 0. The molecule has 0 saturated heterocycles. The molecular weight excluding hydrogens is 445 g/mol. The van der Waals surface area contributed by atoms with Gasteiger partial charge < -0.3 is 14.3 Å². The SMILES string of the molecule is COc1ccccc1S(=O)(=O)N1CCc2cccc(COc3ccc(CCC=O)c(F)c3)c21. The van der Waals surface area contributed by atoms with Crippen LogP contribution in [0.4, 0.5) is 10.1 Å². The third-order valence-electron chi connectivity index (χ3n) is 5.62. The van der Waals surface area contributed by atoms with Gasteiger partial charge >= 0.3 is 0 Å². The molecule has 1 aliphatic heterocycles. The molecule has 0 N–H and O–H groups in total. The number of carbonyl (C=O) groups excluding carboxylic acids is 1. The quantitative estimate of drug-likeness (QED) is 0.437. The number of fused-ring (bicyclic) bond motifs is 1. The van der Waals surface area contributed by atoms with E-state index in [9.17, 15) is 17.6 Å². The Morgan fingerprint density at radius 3 is 2.64 bits per heavy atom. The molecule has 3 aromatic rings. The van der Waals surface area contributed by atoms with Gasteiger partial charge in [0.25, 0.3) is 10.0 Å². The number of ether oxygens (including phenoxy) is 2. The Balaban J connectivity index is 1.60. The average Bonchev–Trinajstić information content (AvgIpc) is 3.28. The Morgan fingerprint density at radius 2 is 1.88 bits per heavy atom. The number of methoxy groups -OCH3 is 1. The number of anilines is 1. The van der Waals surface area contributed by atoms with Crippen LogP contribution in [0, 0.1) is 5.82 Å². The number of rotatable bonds is 9. The monoisotopic (exact) mass is 469 g/mol. The number of halogens is 1. The van der Waals surface area contributed by atoms with Crippen molar-refractivity contribution in [2.45, 2.75) is 30.8 Å². The Morgan fingerprint density at radius 1 is 1.06 bits per heavy atom. The zero-order valence-electron chi connectivity index (χ0n) is 18.2. The number of aldehydes is 1. The fourth-order valence-electron chi connectivity index (χ4n) is 4.00. The van der Waals surface area contributed by atoms with E-state index in [2.05, 4.69) is 0 Å². The Hall–Kier alpha value is -3.39. The first-order valence-electron chi connectivity index (χ1n) is 10.6. The minimum atomic E-state index is -3.86. The molecule has 0 radical (unpaired) electrons. The second-order valence-electron chi connectivity index (χ2n) is 7.65. The molecule has 172 valence electrons. The molecule has 0 atom stereocenters. The topological polar surface area (TPSA) is 72.9 Å². The molecule has 0 saturated carbocycles. The van der Waals surface area contributed by atoms with Crippen LogP contribution in [-0.2, 0) is 34.3 Å². The summed E-state index contributed by atoms with van der Waals surface area (Å²) in [6.07, 6.45) is 1.92. The van der Waals surface area contributed by atoms with Gasteiger partial charge in [0, 0.05) is 24.6 Å². The van der Waals surface area contributed by atoms with E-state index in [1.165, 1.54) is 23.5 Å². The molecule has 0 aromatic heterocycles. The van der Waals surface area contributed by atoms with Gasteiger partial charge in [0.15, 0.2) is 0 Å². The summed E-state index contributed by atoms with van der Waals surface area (Å²) < 4.78 is 53.8. The van der Waals surface area contributed by atoms with Crippen LogP contribution in [0.2, 0.25) is 0 Å². The summed E-state index contributed by atoms with van der Waals surface area (Å²) in [5, 5.41) is 0. The lowest BCUT2D eigenvalue weighted by Crippen LogP contribution is -2.30. The zero-order valence-corrected chi connectivity index (χ0v) is 19.0. The predicted octanol–water partition coefficient (Wildman–Crippen LogP) is 4.30. The molecule has 6 nitrogen and oxygen atoms in total. The van der Waals surface area contributed by atoms with Crippen molar-refractivity contribution in [3.05, 3.63) is 83.2 Å². The van der Waals surface area contributed by atoms with Crippen LogP contribution in [0.1, 0.15) is 23.1 Å². The molecule has 0 fully saturated rings. The molecule has 3 aromatic carbocycles. The highest BCUT2D eigenvalue weighted by Crippen LogP contribution is 2.38. The van der Waals surface area contributed by atoms with Crippen molar-refractivity contribution in [2.75, 3.05) is 18.0 Å². The highest BCUT2D eigenvalue weighted by Gasteiger charge is 2.34. The van der Waals surface area contributed by atoms with E-state index in [0.717, 1.165) is 11.8 Å². The Kier molecular flexibility index (Phi) is 6.65. The van der Waals surface area contributed by atoms with Crippen LogP contribution in [0.15, 0.2) is 65.6 Å². The van der Waals surface area contributed by atoms with Crippen molar-refractivity contribution in [3.8, 4) is 11.5 Å². The highest BCUT2D eigenvalue weighted by molar-refractivity contribution is 7.93. The molecule has 0 unspecified atom stereocenters. The molecule has 1 aliphatic rings. The van der Waals surface area contributed by atoms with E-state index in [0.29, 0.717) is 42.0 Å². The summed E-state index contributed by atoms with van der Waals surface area (Å²) in [5.41, 5.74) is 2.63. The number of sulfonamides is 1. The van der Waals surface area contributed by atoms with Crippen molar-refractivity contribution in [3.63, 3.8) is 0 Å². The van der Waals surface area contributed by atoms with Crippen LogP contribution in [0.5, 0.6) is 11.5 Å². The van der Waals surface area contributed by atoms with Gasteiger partial charge in [-0.1, -0.05) is 36.4 Å². The molecular formula is C25H24FNO5S. The lowest BCUT2D eigenvalue weighted by Gasteiger charge is -2.23. The molecule has 8 heteroatoms. The van der Waals surface area contributed by atoms with Gasteiger partial charge in [-0.2, -0.15) is 0 Å². The number of benzene rings is 3. The van der Waals surface area contributed by atoms with Gasteiger partial charge in [-0.05, 0) is 42.2 Å². The number of hydrogen-bond donors (Lipinski definition) is 0. The lowest BCUT2D eigenvalue weighted by molar-refractivity contribution is -0.107. The zero-order chi connectivity index (χ0) is 23.4. The third kappa shape index (κ3) is 4.57. The van der Waals surface area contributed by atoms with E-state index in [4.69, 9.17) is 9.47 Å². The summed E-state index contributed by atoms with van der Waals surface area (Å²) in [5.74, 6) is 0.176. The molecule has 4 rings (SSSR count). The highest BCUT2D eigenvalue weighted by atomic mass is 32.2. The molecule has 0 aliphatic carbocycles. The molecule has 1 heterocycles. The number of carbonyl (C=O) groups is 1. The maximum Gasteiger partial charge on any atom is 0.268 e. The van der Waals surface area contributed by atoms with Crippen LogP contribution in [0.25, 0.3) is 0 Å². The molecule has 33 heavy (non-hydrogen) atoms. The first-order chi connectivity index (χ1) is 16.0. The fourth-order valence-corrected chi connectivity index (χ4v) is 5.70. The van der Waals surface area contributed by atoms with E-state index in [1.807, 2.05) is 18.2 Å². The maximum atomic E-state index is 14.3. The minimum absolute atomic E-state index is 0.0776. The number of aryl methyl sites for hydroxylation is 1. The molecule has 0 bridgehead atoms. The fraction of sp³-hybridized carbons (Fsp3) is 0.240. The van der Waals surface area contributed by atoms with Crippen LogP contribution >= 0.6 is 0 Å². The van der Waals surface area contributed by atoms with Crippen molar-refractivity contribution in [1.29, 1.82) is 0 Å². The molecule has 0 amide bonds. The standard InChI is InChI=1S/C25H24FNO5S/c1-31-23-9-2-3-10-24(23)33(29,30)27-14-13-19-6-4-7-20(25(19)27)17-32-21-12-11-18(8-5-15-28)22(26)16-21/h2-4,6-7,9-12,15-16H,5,8,13-14,17H2,1H3. The largest absolute Gasteiger partial charge is 0.495 e. The average molecular weight is 470 g/mol. The van der Waals surface area contributed by atoms with E-state index in [-0.39, 0.29) is 23.7 Å². The second-order valence-corrected chi connectivity index (χ2v) is 9.48. The van der Waals surface area contributed by atoms with Gasteiger partial charge in [0.05, 0.1) is 12.8 Å². The smallest absolute Gasteiger partial charge is 0.268 e. The van der Waals surface area contributed by atoms with Crippen LogP contribution in [-0.4, -0.2) is 28.4 Å². The van der Waals surface area contributed by atoms with Gasteiger partial charge in [0.2, 0.25) is 0 Å². The summed E-state index contributed by atoms with van der Waals surface area (Å²) in [6, 6.07) is 16.6. The van der Waals surface area contributed by atoms with Gasteiger partial charge in [-0.25, -0.2) is 12.8 Å². The van der Waals surface area contributed by atoms with Gasteiger partial charge in [0.1, 0.15) is 35.1 Å². The van der Waals surface area contributed by atoms with Gasteiger partial charge in [-0.3, -0.25) is 4.31 Å². The van der Waals surface area contributed by atoms with Crippen LogP contribution in [0.3, 0.4) is 0 Å². The first kappa shape index (κ1) is 22.8. The predicted molar refractivity (Wildman–Crippen MR) is 123 cm³/mol. The van der Waals surface area contributed by atoms with Gasteiger partial charge in [-0.15, -0.1) is 0 Å². The summed E-state index contributed by atoms with van der Waals surface area (Å²) in [7, 11) is -2.42. The number of para-hydroxylation sites is 2. The number of hydrogen-bond acceptors (Lipinski definition) is 5. The maximum absolute atomic E-state index is 14.3. The summed E-state index contributed by atoms with van der Waals surface area (Å²) in [4.78, 5) is 10.6. The normalized spacial score (nSPS) is 13.0. The van der Waals surface area contributed by atoms with Crippen molar-refractivity contribution >= 4 is 22.0 Å². The van der Waals surface area contributed by atoms with Crippen LogP contribution < -0.4 is 13.8 Å². The van der Waals surface area contributed by atoms with E-state index in [1.54, 1.807) is 30.3 Å². The Bertz CT molecular complexity index is 1280. The number of nitrogens with zero attached hydrogens (tertiary/aromatic N) is 1. The minimum Gasteiger partial charge on any atom is -0.495 e. The summed E-state index contributed by atoms with van der Waals surface area (Å²) in [6.45, 7) is 0.390. The van der Waals surface area contributed by atoms with E-state index >= 15 is 0 Å². The van der Waals surface area contributed by atoms with Crippen molar-refractivity contribution < 1.29 is 27.1 Å². The van der Waals surface area contributed by atoms with Crippen molar-refractivity contribution in [2.24, 2.45) is 0 Å². The second kappa shape index (κ2) is 9.62.